The zero-order chi connectivity index (χ0) is 15.6. The second kappa shape index (κ2) is 6.96. The molecule has 0 spiro atoms. The maximum absolute atomic E-state index is 12.7. The summed E-state index contributed by atoms with van der Waals surface area (Å²) >= 11 is 7.18. The lowest BCUT2D eigenvalue weighted by atomic mass is 9.93. The first kappa shape index (κ1) is 17.2. The lowest BCUT2D eigenvalue weighted by Crippen LogP contribution is -2.46. The highest BCUT2D eigenvalue weighted by Gasteiger charge is 2.33. The number of rotatable bonds is 5. The van der Waals surface area contributed by atoms with Gasteiger partial charge in [-0.05, 0) is 50.8 Å². The molecular weight excluding hydrogens is 328 g/mol. The third-order valence-corrected chi connectivity index (χ3v) is 7.95. The van der Waals surface area contributed by atoms with Crippen LogP contribution in [0.2, 0.25) is 4.34 Å². The van der Waals surface area contributed by atoms with Gasteiger partial charge in [0.15, 0.2) is 0 Å². The van der Waals surface area contributed by atoms with Crippen LogP contribution < -0.4 is 5.32 Å². The van der Waals surface area contributed by atoms with Crippen molar-refractivity contribution in [2.75, 3.05) is 19.6 Å². The molecule has 1 fully saturated rings. The third-order valence-electron chi connectivity index (χ3n) is 4.08. The van der Waals surface area contributed by atoms with Crippen LogP contribution in [0, 0.1) is 12.8 Å². The van der Waals surface area contributed by atoms with Crippen molar-refractivity contribution < 1.29 is 8.42 Å². The Hall–Kier alpha value is -0.140. The van der Waals surface area contributed by atoms with Crippen molar-refractivity contribution in [3.05, 3.63) is 16.0 Å². The number of sulfonamides is 1. The van der Waals surface area contributed by atoms with E-state index in [9.17, 15) is 8.42 Å². The number of nitrogens with zero attached hydrogens (tertiary/aromatic N) is 1. The molecule has 7 heteroatoms. The Morgan fingerprint density at radius 1 is 1.57 bits per heavy atom. The Bertz CT molecular complexity index is 566. The van der Waals surface area contributed by atoms with E-state index in [1.807, 2.05) is 6.92 Å². The van der Waals surface area contributed by atoms with Crippen LogP contribution in [0.4, 0.5) is 0 Å². The molecular formula is C14H23ClN2O2S2. The topological polar surface area (TPSA) is 49.4 Å². The van der Waals surface area contributed by atoms with Gasteiger partial charge in [-0.3, -0.25) is 0 Å². The Balaban J connectivity index is 2.16. The predicted octanol–water partition coefficient (Wildman–Crippen LogP) is 3.11. The molecule has 1 N–H and O–H groups in total. The van der Waals surface area contributed by atoms with Crippen LogP contribution in [0.15, 0.2) is 10.3 Å². The summed E-state index contributed by atoms with van der Waals surface area (Å²) in [6.07, 6.45) is 1.99. The molecule has 0 radical (unpaired) electrons. The van der Waals surface area contributed by atoms with Gasteiger partial charge in [0.1, 0.15) is 4.21 Å². The SMILES string of the molecule is CCNC(C)C1CCCN(S(=O)(=O)c2cc(C)c(Cl)s2)C1. The number of nitrogens with one attached hydrogen (secondary N) is 1. The molecule has 1 saturated heterocycles. The zero-order valence-electron chi connectivity index (χ0n) is 12.7. The lowest BCUT2D eigenvalue weighted by molar-refractivity contribution is 0.225. The van der Waals surface area contributed by atoms with Crippen LogP contribution in [-0.4, -0.2) is 38.4 Å². The van der Waals surface area contributed by atoms with Crippen LogP contribution in [-0.2, 0) is 10.0 Å². The van der Waals surface area contributed by atoms with E-state index in [0.717, 1.165) is 36.3 Å². The van der Waals surface area contributed by atoms with Crippen molar-refractivity contribution in [2.24, 2.45) is 5.92 Å². The normalized spacial score (nSPS) is 22.4. The standard InChI is InChI=1S/C14H23ClN2O2S2/c1-4-16-11(3)12-6-5-7-17(9-12)21(18,19)13-8-10(2)14(15)20-13/h8,11-12,16H,4-7,9H2,1-3H3. The molecule has 0 aliphatic carbocycles. The molecule has 2 atom stereocenters. The second-order valence-electron chi connectivity index (χ2n) is 5.63. The van der Waals surface area contributed by atoms with Crippen molar-refractivity contribution in [3.8, 4) is 0 Å². The molecule has 1 aliphatic heterocycles. The number of halogens is 1. The van der Waals surface area contributed by atoms with Crippen molar-refractivity contribution in [1.29, 1.82) is 0 Å². The van der Waals surface area contributed by atoms with E-state index >= 15 is 0 Å². The number of aryl methyl sites for hydroxylation is 1. The average Bonchev–Trinajstić information content (AvgIpc) is 2.80. The molecule has 0 bridgehead atoms. The summed E-state index contributed by atoms with van der Waals surface area (Å²) < 4.78 is 28.0. The molecule has 2 unspecified atom stereocenters. The molecule has 0 amide bonds. The summed E-state index contributed by atoms with van der Waals surface area (Å²) in [5, 5.41) is 3.40. The quantitative estimate of drug-likeness (QED) is 0.887. The number of hydrogen-bond acceptors (Lipinski definition) is 4. The second-order valence-corrected chi connectivity index (χ2v) is 9.45. The fourth-order valence-corrected chi connectivity index (χ4v) is 6.17. The minimum Gasteiger partial charge on any atom is -0.314 e. The predicted molar refractivity (Wildman–Crippen MR) is 88.7 cm³/mol. The highest BCUT2D eigenvalue weighted by Crippen LogP contribution is 2.33. The van der Waals surface area contributed by atoms with E-state index in [-0.39, 0.29) is 0 Å². The summed E-state index contributed by atoms with van der Waals surface area (Å²) in [5.41, 5.74) is 0.829. The number of piperidine rings is 1. The molecule has 1 aromatic rings. The highest BCUT2D eigenvalue weighted by molar-refractivity contribution is 7.91. The lowest BCUT2D eigenvalue weighted by Gasteiger charge is -2.35. The Morgan fingerprint density at radius 2 is 2.29 bits per heavy atom. The minimum absolute atomic E-state index is 0.335. The van der Waals surface area contributed by atoms with Crippen molar-refractivity contribution >= 4 is 33.0 Å². The van der Waals surface area contributed by atoms with Gasteiger partial charge in [0.25, 0.3) is 10.0 Å². The van der Waals surface area contributed by atoms with E-state index in [2.05, 4.69) is 19.2 Å². The van der Waals surface area contributed by atoms with Crippen molar-refractivity contribution in [1.82, 2.24) is 9.62 Å². The van der Waals surface area contributed by atoms with Gasteiger partial charge in [0, 0.05) is 19.1 Å². The van der Waals surface area contributed by atoms with Crippen LogP contribution in [0.1, 0.15) is 32.3 Å². The Kier molecular flexibility index (Phi) is 5.71. The summed E-state index contributed by atoms with van der Waals surface area (Å²) in [6.45, 7) is 8.15. The molecule has 120 valence electrons. The highest BCUT2D eigenvalue weighted by atomic mass is 35.5. The first-order valence-electron chi connectivity index (χ1n) is 7.35. The van der Waals surface area contributed by atoms with E-state index in [4.69, 9.17) is 11.6 Å². The van der Waals surface area contributed by atoms with Gasteiger partial charge in [0.2, 0.25) is 0 Å². The zero-order valence-corrected chi connectivity index (χ0v) is 15.1. The maximum atomic E-state index is 12.7. The van der Waals surface area contributed by atoms with E-state index in [1.165, 1.54) is 0 Å². The van der Waals surface area contributed by atoms with Gasteiger partial charge in [-0.15, -0.1) is 11.3 Å². The third kappa shape index (κ3) is 3.79. The summed E-state index contributed by atoms with van der Waals surface area (Å²) in [7, 11) is -3.41. The fourth-order valence-electron chi connectivity index (χ4n) is 2.78. The van der Waals surface area contributed by atoms with E-state index in [0.29, 0.717) is 33.6 Å². The van der Waals surface area contributed by atoms with Crippen molar-refractivity contribution in [2.45, 2.75) is 43.9 Å². The average molecular weight is 351 g/mol. The summed E-state index contributed by atoms with van der Waals surface area (Å²) in [4.78, 5) is 0. The molecule has 1 aromatic heterocycles. The van der Waals surface area contributed by atoms with Gasteiger partial charge < -0.3 is 5.32 Å². The van der Waals surface area contributed by atoms with Gasteiger partial charge in [-0.2, -0.15) is 4.31 Å². The van der Waals surface area contributed by atoms with Gasteiger partial charge in [-0.25, -0.2) is 8.42 Å². The Morgan fingerprint density at radius 3 is 2.86 bits per heavy atom. The largest absolute Gasteiger partial charge is 0.314 e. The molecule has 1 aliphatic rings. The maximum Gasteiger partial charge on any atom is 0.252 e. The monoisotopic (exact) mass is 350 g/mol. The minimum atomic E-state index is -3.41. The fraction of sp³-hybridized carbons (Fsp3) is 0.714. The van der Waals surface area contributed by atoms with Crippen LogP contribution in [0.25, 0.3) is 0 Å². The van der Waals surface area contributed by atoms with E-state index < -0.39 is 10.0 Å². The van der Waals surface area contributed by atoms with Crippen molar-refractivity contribution in [3.63, 3.8) is 0 Å². The Labute approximate surface area is 136 Å². The molecule has 21 heavy (non-hydrogen) atoms. The molecule has 0 saturated carbocycles. The summed E-state index contributed by atoms with van der Waals surface area (Å²) in [6, 6.07) is 2.02. The van der Waals surface area contributed by atoms with Gasteiger partial charge in [-0.1, -0.05) is 18.5 Å². The first-order valence-corrected chi connectivity index (χ1v) is 9.99. The molecule has 0 aromatic carbocycles. The van der Waals surface area contributed by atoms with Crippen LogP contribution >= 0.6 is 22.9 Å². The molecule has 4 nitrogen and oxygen atoms in total. The van der Waals surface area contributed by atoms with Crippen LogP contribution in [0.5, 0.6) is 0 Å². The summed E-state index contributed by atoms with van der Waals surface area (Å²) in [5.74, 6) is 0.366. The number of hydrogen-bond donors (Lipinski definition) is 1. The van der Waals surface area contributed by atoms with Gasteiger partial charge >= 0.3 is 0 Å². The number of thiophene rings is 1. The molecule has 2 rings (SSSR count). The first-order chi connectivity index (χ1) is 9.86. The smallest absolute Gasteiger partial charge is 0.252 e. The molecule has 2 heterocycles. The van der Waals surface area contributed by atoms with E-state index in [1.54, 1.807) is 10.4 Å². The van der Waals surface area contributed by atoms with Crippen LogP contribution in [0.3, 0.4) is 0 Å². The van der Waals surface area contributed by atoms with Gasteiger partial charge in [0.05, 0.1) is 4.34 Å².